The predicted molar refractivity (Wildman–Crippen MR) is 72.6 cm³/mol. The van der Waals surface area contributed by atoms with Crippen molar-refractivity contribution < 1.29 is 0 Å². The van der Waals surface area contributed by atoms with E-state index in [-0.39, 0.29) is 5.41 Å². The number of nitrogens with one attached hydrogen (secondary N) is 1. The first-order valence-electron chi connectivity index (χ1n) is 6.11. The van der Waals surface area contributed by atoms with Crippen LogP contribution in [0.2, 0.25) is 0 Å². The molecule has 0 amide bonds. The van der Waals surface area contributed by atoms with E-state index in [1.54, 1.807) is 0 Å². The summed E-state index contributed by atoms with van der Waals surface area (Å²) in [6.07, 6.45) is 0. The largest absolute Gasteiger partial charge is 0.384 e. The summed E-state index contributed by atoms with van der Waals surface area (Å²) in [4.78, 5) is 0. The number of fused-ring (bicyclic) bond motifs is 1. The van der Waals surface area contributed by atoms with Gasteiger partial charge in [0.25, 0.3) is 0 Å². The van der Waals surface area contributed by atoms with Gasteiger partial charge in [-0.1, -0.05) is 42.5 Å². The van der Waals surface area contributed by atoms with Crippen molar-refractivity contribution in [3.63, 3.8) is 0 Å². The number of hydrogen-bond donors (Lipinski definition) is 1. The molecule has 0 spiro atoms. The molecule has 0 saturated heterocycles. The molecule has 0 saturated carbocycles. The Labute approximate surface area is 102 Å². The van der Waals surface area contributed by atoms with Crippen molar-refractivity contribution >= 4 is 5.69 Å². The van der Waals surface area contributed by atoms with Gasteiger partial charge >= 0.3 is 0 Å². The van der Waals surface area contributed by atoms with Gasteiger partial charge in [0, 0.05) is 17.6 Å². The second-order valence-electron chi connectivity index (χ2n) is 5.05. The van der Waals surface area contributed by atoms with Crippen LogP contribution >= 0.6 is 0 Å². The highest BCUT2D eigenvalue weighted by Crippen LogP contribution is 2.42. The Morgan fingerprint density at radius 3 is 2.35 bits per heavy atom. The molecule has 1 heterocycles. The highest BCUT2D eigenvalue weighted by Gasteiger charge is 2.36. The van der Waals surface area contributed by atoms with Gasteiger partial charge in [0.2, 0.25) is 0 Å². The summed E-state index contributed by atoms with van der Waals surface area (Å²) in [6.45, 7) is 5.51. The molecule has 1 heteroatoms. The Balaban J connectivity index is 2.19. The minimum atomic E-state index is 0.0991. The van der Waals surface area contributed by atoms with E-state index in [0.29, 0.717) is 0 Å². The summed E-state index contributed by atoms with van der Waals surface area (Å²) in [5.74, 6) is 0. The van der Waals surface area contributed by atoms with E-state index in [0.717, 1.165) is 6.54 Å². The third-order valence-electron chi connectivity index (χ3n) is 3.89. The second-order valence-corrected chi connectivity index (χ2v) is 5.05. The summed E-state index contributed by atoms with van der Waals surface area (Å²) in [6, 6.07) is 17.3. The van der Waals surface area contributed by atoms with Crippen LogP contribution in [-0.4, -0.2) is 6.54 Å². The van der Waals surface area contributed by atoms with E-state index in [1.807, 2.05) is 0 Å². The molecule has 0 radical (unpaired) electrons. The molecule has 0 bridgehead atoms. The van der Waals surface area contributed by atoms with Crippen LogP contribution in [0.1, 0.15) is 23.6 Å². The number of benzene rings is 2. The van der Waals surface area contributed by atoms with Gasteiger partial charge in [-0.25, -0.2) is 0 Å². The Hall–Kier alpha value is -1.76. The van der Waals surface area contributed by atoms with E-state index in [9.17, 15) is 0 Å². The third-order valence-corrected chi connectivity index (χ3v) is 3.89. The Morgan fingerprint density at radius 2 is 1.59 bits per heavy atom. The van der Waals surface area contributed by atoms with Crippen molar-refractivity contribution in [2.45, 2.75) is 19.3 Å². The van der Waals surface area contributed by atoms with Crippen LogP contribution in [0.15, 0.2) is 48.5 Å². The number of aryl methyl sites for hydroxylation is 1. The lowest BCUT2D eigenvalue weighted by Crippen LogP contribution is -2.26. The van der Waals surface area contributed by atoms with Crippen molar-refractivity contribution in [1.29, 1.82) is 0 Å². The number of rotatable bonds is 1. The number of hydrogen-bond acceptors (Lipinski definition) is 1. The Kier molecular flexibility index (Phi) is 2.22. The van der Waals surface area contributed by atoms with Crippen molar-refractivity contribution in [2.75, 3.05) is 11.9 Å². The van der Waals surface area contributed by atoms with Crippen LogP contribution in [0.4, 0.5) is 5.69 Å². The zero-order chi connectivity index (χ0) is 11.9. The van der Waals surface area contributed by atoms with Crippen molar-refractivity contribution in [1.82, 2.24) is 0 Å². The van der Waals surface area contributed by atoms with Crippen molar-refractivity contribution in [3.8, 4) is 0 Å². The summed E-state index contributed by atoms with van der Waals surface area (Å²) in [7, 11) is 0. The lowest BCUT2D eigenvalue weighted by atomic mass is 9.76. The molecule has 1 atom stereocenters. The smallest absolute Gasteiger partial charge is 0.0382 e. The molecule has 2 aromatic rings. The highest BCUT2D eigenvalue weighted by atomic mass is 14.9. The standard InChI is InChI=1S/C16H17N/c1-12-7-3-4-8-13(12)16(2)11-17-15-10-6-5-9-14(15)16/h3-10,17H,11H2,1-2H3. The maximum Gasteiger partial charge on any atom is 0.0382 e. The average Bonchev–Trinajstić information content (AvgIpc) is 2.70. The fraction of sp³-hybridized carbons (Fsp3) is 0.250. The van der Waals surface area contributed by atoms with Crippen LogP contribution in [-0.2, 0) is 5.41 Å². The van der Waals surface area contributed by atoms with Crippen LogP contribution in [0.5, 0.6) is 0 Å². The van der Waals surface area contributed by atoms with Crippen LogP contribution in [0, 0.1) is 6.92 Å². The first kappa shape index (κ1) is 10.4. The lowest BCUT2D eigenvalue weighted by molar-refractivity contribution is 0.631. The normalized spacial score (nSPS) is 22.0. The molecule has 1 nitrogen and oxygen atoms in total. The SMILES string of the molecule is Cc1ccccc1C1(C)CNc2ccccc21. The zero-order valence-electron chi connectivity index (χ0n) is 10.3. The molecule has 0 aromatic heterocycles. The minimum absolute atomic E-state index is 0.0991. The molecular weight excluding hydrogens is 206 g/mol. The van der Waals surface area contributed by atoms with Gasteiger partial charge in [0.15, 0.2) is 0 Å². The quantitative estimate of drug-likeness (QED) is 0.776. The molecule has 1 aliphatic rings. The highest BCUT2D eigenvalue weighted by molar-refractivity contribution is 5.64. The van der Waals surface area contributed by atoms with Gasteiger partial charge in [-0.3, -0.25) is 0 Å². The van der Waals surface area contributed by atoms with E-state index < -0.39 is 0 Å². The van der Waals surface area contributed by atoms with Gasteiger partial charge in [-0.05, 0) is 36.6 Å². The fourth-order valence-electron chi connectivity index (χ4n) is 2.92. The molecule has 17 heavy (non-hydrogen) atoms. The van der Waals surface area contributed by atoms with Gasteiger partial charge in [0.05, 0.1) is 0 Å². The molecule has 86 valence electrons. The number of para-hydroxylation sites is 1. The molecule has 2 aromatic carbocycles. The summed E-state index contributed by atoms with van der Waals surface area (Å²) >= 11 is 0. The monoisotopic (exact) mass is 223 g/mol. The Morgan fingerprint density at radius 1 is 0.941 bits per heavy atom. The van der Waals surface area contributed by atoms with Crippen molar-refractivity contribution in [2.24, 2.45) is 0 Å². The van der Waals surface area contributed by atoms with Crippen LogP contribution < -0.4 is 5.32 Å². The molecule has 0 fully saturated rings. The molecule has 3 rings (SSSR count). The maximum absolute atomic E-state index is 3.52. The zero-order valence-corrected chi connectivity index (χ0v) is 10.3. The van der Waals surface area contributed by atoms with Gasteiger partial charge in [-0.2, -0.15) is 0 Å². The first-order chi connectivity index (χ1) is 8.22. The van der Waals surface area contributed by atoms with Crippen molar-refractivity contribution in [3.05, 3.63) is 65.2 Å². The van der Waals surface area contributed by atoms with Gasteiger partial charge in [-0.15, -0.1) is 0 Å². The molecule has 0 aliphatic carbocycles. The summed E-state index contributed by atoms with van der Waals surface area (Å²) < 4.78 is 0. The predicted octanol–water partition coefficient (Wildman–Crippen LogP) is 3.73. The van der Waals surface area contributed by atoms with E-state index in [2.05, 4.69) is 67.7 Å². The van der Waals surface area contributed by atoms with E-state index in [1.165, 1.54) is 22.4 Å². The summed E-state index contributed by atoms with van der Waals surface area (Å²) in [5, 5.41) is 3.52. The Bertz CT molecular complexity index is 559. The topological polar surface area (TPSA) is 12.0 Å². The van der Waals surface area contributed by atoms with E-state index in [4.69, 9.17) is 0 Å². The molecule has 1 unspecified atom stereocenters. The average molecular weight is 223 g/mol. The van der Waals surface area contributed by atoms with Crippen LogP contribution in [0.3, 0.4) is 0 Å². The molecule has 1 aliphatic heterocycles. The molecular formula is C16H17N. The number of anilines is 1. The first-order valence-corrected chi connectivity index (χ1v) is 6.11. The van der Waals surface area contributed by atoms with Crippen LogP contribution in [0.25, 0.3) is 0 Å². The second kappa shape index (κ2) is 3.63. The fourth-order valence-corrected chi connectivity index (χ4v) is 2.92. The van der Waals surface area contributed by atoms with Gasteiger partial charge in [0.1, 0.15) is 0 Å². The van der Waals surface area contributed by atoms with E-state index >= 15 is 0 Å². The lowest BCUT2D eigenvalue weighted by Gasteiger charge is -2.26. The summed E-state index contributed by atoms with van der Waals surface area (Å²) in [5.41, 5.74) is 5.58. The maximum atomic E-state index is 3.52. The third kappa shape index (κ3) is 1.46. The minimum Gasteiger partial charge on any atom is -0.384 e. The van der Waals surface area contributed by atoms with Gasteiger partial charge < -0.3 is 5.32 Å². The molecule has 1 N–H and O–H groups in total.